The number of hydrogen-bond donors (Lipinski definition) is 1. The van der Waals surface area contributed by atoms with E-state index in [2.05, 4.69) is 16.7 Å². The quantitative estimate of drug-likeness (QED) is 0.897. The summed E-state index contributed by atoms with van der Waals surface area (Å²) in [6.45, 7) is 7.10. The van der Waals surface area contributed by atoms with Crippen molar-refractivity contribution in [2.75, 3.05) is 32.7 Å². The molecule has 1 aromatic carbocycles. The lowest BCUT2D eigenvalue weighted by atomic mass is 10.1. The molecule has 0 saturated carbocycles. The van der Waals surface area contributed by atoms with Crippen molar-refractivity contribution in [2.45, 2.75) is 19.5 Å². The summed E-state index contributed by atoms with van der Waals surface area (Å²) < 4.78 is 26.2. The largest absolute Gasteiger partial charge is 0.329 e. The van der Waals surface area contributed by atoms with Gasteiger partial charge in [0, 0.05) is 51.4 Å². The van der Waals surface area contributed by atoms with E-state index in [1.165, 1.54) is 12.1 Å². The zero-order chi connectivity index (χ0) is 13.8. The zero-order valence-electron chi connectivity index (χ0n) is 11.3. The highest BCUT2D eigenvalue weighted by molar-refractivity contribution is 5.17. The summed E-state index contributed by atoms with van der Waals surface area (Å²) in [7, 11) is 0. The summed E-state index contributed by atoms with van der Waals surface area (Å²) in [4.78, 5) is 4.57. The molecule has 2 rings (SSSR count). The molecule has 0 aromatic heterocycles. The molecule has 0 bridgehead atoms. The monoisotopic (exact) mass is 269 g/mol. The lowest BCUT2D eigenvalue weighted by molar-refractivity contribution is 0.100. The predicted molar refractivity (Wildman–Crippen MR) is 71.7 cm³/mol. The van der Waals surface area contributed by atoms with Crippen molar-refractivity contribution < 1.29 is 8.78 Å². The second kappa shape index (κ2) is 6.41. The maximum Gasteiger partial charge on any atom is 0.126 e. The molecule has 1 heterocycles. The summed E-state index contributed by atoms with van der Waals surface area (Å²) in [5.41, 5.74) is 6.35. The molecular formula is C14H21F2N3. The topological polar surface area (TPSA) is 32.5 Å². The van der Waals surface area contributed by atoms with Crippen LogP contribution in [-0.2, 0) is 6.54 Å². The van der Waals surface area contributed by atoms with Crippen LogP contribution in [0.3, 0.4) is 0 Å². The van der Waals surface area contributed by atoms with Crippen LogP contribution in [-0.4, -0.2) is 48.6 Å². The fourth-order valence-electron chi connectivity index (χ4n) is 2.47. The molecule has 1 fully saturated rings. The molecule has 1 aliphatic heterocycles. The molecule has 3 nitrogen and oxygen atoms in total. The predicted octanol–water partition coefficient (Wildman–Crippen LogP) is 1.43. The lowest BCUT2D eigenvalue weighted by Gasteiger charge is -2.37. The zero-order valence-corrected chi connectivity index (χ0v) is 11.3. The Hall–Kier alpha value is -1.04. The minimum absolute atomic E-state index is 0.397. The SMILES string of the molecule is CC(CN)N1CCN(Cc2cc(F)cc(F)c2)CC1. The Morgan fingerprint density at radius 2 is 1.68 bits per heavy atom. The molecule has 0 amide bonds. The summed E-state index contributed by atoms with van der Waals surface area (Å²) in [6.07, 6.45) is 0. The van der Waals surface area contributed by atoms with Crippen LogP contribution >= 0.6 is 0 Å². The molecule has 5 heteroatoms. The van der Waals surface area contributed by atoms with Gasteiger partial charge in [-0.2, -0.15) is 0 Å². The van der Waals surface area contributed by atoms with Crippen molar-refractivity contribution in [1.29, 1.82) is 0 Å². The number of benzene rings is 1. The maximum absolute atomic E-state index is 13.1. The van der Waals surface area contributed by atoms with Gasteiger partial charge in [0.15, 0.2) is 0 Å². The van der Waals surface area contributed by atoms with Crippen molar-refractivity contribution >= 4 is 0 Å². The van der Waals surface area contributed by atoms with Gasteiger partial charge in [-0.1, -0.05) is 0 Å². The van der Waals surface area contributed by atoms with E-state index in [-0.39, 0.29) is 0 Å². The Morgan fingerprint density at radius 3 is 2.21 bits per heavy atom. The number of nitrogens with zero attached hydrogens (tertiary/aromatic N) is 2. The van der Waals surface area contributed by atoms with E-state index in [9.17, 15) is 8.78 Å². The highest BCUT2D eigenvalue weighted by atomic mass is 19.1. The number of piperazine rings is 1. The second-order valence-corrected chi connectivity index (χ2v) is 5.17. The van der Waals surface area contributed by atoms with E-state index in [4.69, 9.17) is 5.73 Å². The summed E-state index contributed by atoms with van der Waals surface area (Å²) in [5, 5.41) is 0. The van der Waals surface area contributed by atoms with E-state index in [1.807, 2.05) is 0 Å². The second-order valence-electron chi connectivity index (χ2n) is 5.17. The van der Waals surface area contributed by atoms with Crippen LogP contribution in [0.15, 0.2) is 18.2 Å². The van der Waals surface area contributed by atoms with Crippen molar-refractivity contribution in [3.63, 3.8) is 0 Å². The molecule has 106 valence electrons. The van der Waals surface area contributed by atoms with E-state index in [1.54, 1.807) is 0 Å². The van der Waals surface area contributed by atoms with Gasteiger partial charge in [-0.15, -0.1) is 0 Å². The lowest BCUT2D eigenvalue weighted by Crippen LogP contribution is -2.51. The van der Waals surface area contributed by atoms with Crippen LogP contribution in [0, 0.1) is 11.6 Å². The molecular weight excluding hydrogens is 248 g/mol. The van der Waals surface area contributed by atoms with Crippen LogP contribution in [0.2, 0.25) is 0 Å². The van der Waals surface area contributed by atoms with Crippen molar-refractivity contribution in [1.82, 2.24) is 9.80 Å². The average Bonchev–Trinajstić information content (AvgIpc) is 2.37. The Morgan fingerprint density at radius 1 is 1.11 bits per heavy atom. The van der Waals surface area contributed by atoms with Gasteiger partial charge in [-0.05, 0) is 24.6 Å². The molecule has 0 radical (unpaired) electrons. The number of halogens is 2. The van der Waals surface area contributed by atoms with Crippen LogP contribution in [0.1, 0.15) is 12.5 Å². The molecule has 1 aliphatic rings. The van der Waals surface area contributed by atoms with Gasteiger partial charge in [-0.3, -0.25) is 9.80 Å². The average molecular weight is 269 g/mol. The first-order valence-corrected chi connectivity index (χ1v) is 6.70. The van der Waals surface area contributed by atoms with Gasteiger partial charge in [-0.25, -0.2) is 8.78 Å². The number of nitrogens with two attached hydrogens (primary N) is 1. The molecule has 1 saturated heterocycles. The fourth-order valence-corrected chi connectivity index (χ4v) is 2.47. The Bertz CT molecular complexity index is 397. The van der Waals surface area contributed by atoms with E-state index in [0.29, 0.717) is 24.7 Å². The highest BCUT2D eigenvalue weighted by Crippen LogP contribution is 2.13. The summed E-state index contributed by atoms with van der Waals surface area (Å²) in [5.74, 6) is -1.02. The van der Waals surface area contributed by atoms with Crippen molar-refractivity contribution in [3.05, 3.63) is 35.4 Å². The molecule has 1 unspecified atom stereocenters. The summed E-state index contributed by atoms with van der Waals surface area (Å²) >= 11 is 0. The third-order valence-corrected chi connectivity index (χ3v) is 3.70. The minimum Gasteiger partial charge on any atom is -0.329 e. The first-order valence-electron chi connectivity index (χ1n) is 6.70. The molecule has 0 spiro atoms. The fraction of sp³-hybridized carbons (Fsp3) is 0.571. The first-order chi connectivity index (χ1) is 9.08. The molecule has 0 aliphatic carbocycles. The Kier molecular flexibility index (Phi) is 4.85. The van der Waals surface area contributed by atoms with Crippen molar-refractivity contribution in [2.24, 2.45) is 5.73 Å². The van der Waals surface area contributed by atoms with Gasteiger partial charge in [0.25, 0.3) is 0 Å². The first kappa shape index (κ1) is 14.4. The van der Waals surface area contributed by atoms with E-state index in [0.717, 1.165) is 32.2 Å². The van der Waals surface area contributed by atoms with E-state index >= 15 is 0 Å². The van der Waals surface area contributed by atoms with E-state index < -0.39 is 11.6 Å². The number of hydrogen-bond acceptors (Lipinski definition) is 3. The number of rotatable bonds is 4. The molecule has 1 atom stereocenters. The third-order valence-electron chi connectivity index (χ3n) is 3.70. The van der Waals surface area contributed by atoms with Gasteiger partial charge in [0.05, 0.1) is 0 Å². The Labute approximate surface area is 113 Å². The minimum atomic E-state index is -0.509. The molecule has 2 N–H and O–H groups in total. The maximum atomic E-state index is 13.1. The standard InChI is InChI=1S/C14H21F2N3/c1-11(9-17)19-4-2-18(3-5-19)10-12-6-13(15)8-14(16)7-12/h6-8,11H,2-5,9-10,17H2,1H3. The van der Waals surface area contributed by atoms with Gasteiger partial charge in [0.1, 0.15) is 11.6 Å². The van der Waals surface area contributed by atoms with Crippen LogP contribution in [0.25, 0.3) is 0 Å². The van der Waals surface area contributed by atoms with Gasteiger partial charge >= 0.3 is 0 Å². The van der Waals surface area contributed by atoms with Crippen LogP contribution < -0.4 is 5.73 Å². The molecule has 19 heavy (non-hydrogen) atoms. The van der Waals surface area contributed by atoms with Gasteiger partial charge in [0.2, 0.25) is 0 Å². The Balaban J connectivity index is 1.88. The highest BCUT2D eigenvalue weighted by Gasteiger charge is 2.20. The van der Waals surface area contributed by atoms with Crippen LogP contribution in [0.5, 0.6) is 0 Å². The van der Waals surface area contributed by atoms with Gasteiger partial charge < -0.3 is 5.73 Å². The molecule has 1 aromatic rings. The van der Waals surface area contributed by atoms with Crippen molar-refractivity contribution in [3.8, 4) is 0 Å². The summed E-state index contributed by atoms with van der Waals surface area (Å²) in [6, 6.07) is 4.11. The smallest absolute Gasteiger partial charge is 0.126 e. The third kappa shape index (κ3) is 3.96. The normalized spacial score (nSPS) is 19.6. The van der Waals surface area contributed by atoms with Crippen LogP contribution in [0.4, 0.5) is 8.78 Å².